The molecule has 0 bridgehead atoms. The number of aliphatic hydroxyl groups excluding tert-OH is 1. The molecule has 2 N–H and O–H groups in total. The van der Waals surface area contributed by atoms with E-state index in [-0.39, 0.29) is 47.3 Å². The summed E-state index contributed by atoms with van der Waals surface area (Å²) in [5, 5.41) is 12.0. The van der Waals surface area contributed by atoms with Gasteiger partial charge in [-0.15, -0.1) is 0 Å². The summed E-state index contributed by atoms with van der Waals surface area (Å²) in [4.78, 5) is 29.6. The number of nitrogens with zero attached hydrogens (tertiary/aromatic N) is 2. The van der Waals surface area contributed by atoms with Crippen molar-refractivity contribution in [1.82, 2.24) is 14.9 Å². The maximum Gasteiger partial charge on any atom is 0.276 e. The molecule has 168 valence electrons. The fourth-order valence-electron chi connectivity index (χ4n) is 3.06. The minimum absolute atomic E-state index is 0.0213. The van der Waals surface area contributed by atoms with Crippen LogP contribution in [0.5, 0.6) is 5.88 Å². The van der Waals surface area contributed by atoms with E-state index in [1.807, 2.05) is 0 Å². The normalized spacial score (nSPS) is 10.8. The molecule has 0 radical (unpaired) electrons. The lowest BCUT2D eigenvalue weighted by molar-refractivity contribution is 0.0963. The molecule has 32 heavy (non-hydrogen) atoms. The maximum absolute atomic E-state index is 13.9. The van der Waals surface area contributed by atoms with Gasteiger partial charge in [-0.1, -0.05) is 6.07 Å². The van der Waals surface area contributed by atoms with Gasteiger partial charge in [0.1, 0.15) is 28.5 Å². The Morgan fingerprint density at radius 2 is 2.00 bits per heavy atom. The van der Waals surface area contributed by atoms with Gasteiger partial charge in [0.25, 0.3) is 11.5 Å². The molecule has 2 aromatic carbocycles. The fraction of sp³-hybridized carbons (Fsp3) is 0.227. The third-order valence-electron chi connectivity index (χ3n) is 4.72. The number of nitrogens with one attached hydrogen (secondary N) is 1. The Balaban J connectivity index is 2.07. The third-order valence-corrected chi connectivity index (χ3v) is 5.40. The Kier molecular flexibility index (Phi) is 7.37. The lowest BCUT2D eigenvalue weighted by Crippen LogP contribution is -2.27. The van der Waals surface area contributed by atoms with Gasteiger partial charge >= 0.3 is 0 Å². The summed E-state index contributed by atoms with van der Waals surface area (Å²) in [6.07, 6.45) is 0.0213. The van der Waals surface area contributed by atoms with Gasteiger partial charge in [-0.2, -0.15) is 4.98 Å². The first-order valence-corrected chi connectivity index (χ1v) is 10.4. The molecule has 0 aliphatic carbocycles. The molecule has 1 amide bonds. The van der Waals surface area contributed by atoms with Gasteiger partial charge in [0.15, 0.2) is 0 Å². The van der Waals surface area contributed by atoms with Crippen molar-refractivity contribution in [2.24, 2.45) is 0 Å². The van der Waals surface area contributed by atoms with Gasteiger partial charge < -0.3 is 15.2 Å². The predicted molar refractivity (Wildman–Crippen MR) is 117 cm³/mol. The van der Waals surface area contributed by atoms with E-state index in [4.69, 9.17) is 4.74 Å². The number of hydrogen-bond acceptors (Lipinski definition) is 5. The lowest BCUT2D eigenvalue weighted by Gasteiger charge is -2.17. The van der Waals surface area contributed by atoms with Crippen molar-refractivity contribution in [2.75, 3.05) is 13.7 Å². The van der Waals surface area contributed by atoms with E-state index in [1.165, 1.54) is 17.7 Å². The standard InChI is InChI=1S/C22H20BrF2N3O4/c1-12-3-4-13(20(30)26-2)9-17(12)28-18(7-8-29)27-21(19(23)22(28)31)32-11-14-5-6-15(24)10-16(14)25/h3-6,9-10,29H,7-8,11H2,1-2H3,(H,26,30). The maximum atomic E-state index is 13.9. The molecule has 10 heteroatoms. The molecule has 0 fully saturated rings. The van der Waals surface area contributed by atoms with Crippen LogP contribution in [0.4, 0.5) is 8.78 Å². The second-order valence-electron chi connectivity index (χ2n) is 6.87. The molecule has 0 aliphatic heterocycles. The lowest BCUT2D eigenvalue weighted by atomic mass is 10.1. The third kappa shape index (κ3) is 4.86. The van der Waals surface area contributed by atoms with E-state index in [2.05, 4.69) is 26.2 Å². The summed E-state index contributed by atoms with van der Waals surface area (Å²) >= 11 is 3.19. The molecule has 0 saturated carbocycles. The smallest absolute Gasteiger partial charge is 0.276 e. The Morgan fingerprint density at radius 3 is 2.66 bits per heavy atom. The zero-order chi connectivity index (χ0) is 23.4. The molecule has 7 nitrogen and oxygen atoms in total. The molecule has 0 unspecified atom stereocenters. The topological polar surface area (TPSA) is 93.5 Å². The van der Waals surface area contributed by atoms with Crippen LogP contribution in [-0.2, 0) is 13.0 Å². The summed E-state index contributed by atoms with van der Waals surface area (Å²) in [5.74, 6) is -1.73. The van der Waals surface area contributed by atoms with E-state index in [0.29, 0.717) is 16.8 Å². The largest absolute Gasteiger partial charge is 0.472 e. The quantitative estimate of drug-likeness (QED) is 0.512. The van der Waals surface area contributed by atoms with E-state index in [1.54, 1.807) is 25.1 Å². The molecular formula is C22H20BrF2N3O4. The highest BCUT2D eigenvalue weighted by molar-refractivity contribution is 9.10. The summed E-state index contributed by atoms with van der Waals surface area (Å²) < 4.78 is 33.8. The Morgan fingerprint density at radius 1 is 1.25 bits per heavy atom. The average Bonchev–Trinajstić information content (AvgIpc) is 2.77. The Bertz CT molecular complexity index is 1230. The zero-order valence-electron chi connectivity index (χ0n) is 17.3. The predicted octanol–water partition coefficient (Wildman–Crippen LogP) is 3.06. The number of carbonyl (C=O) groups excluding carboxylic acids is 1. The number of carbonyl (C=O) groups is 1. The van der Waals surface area contributed by atoms with E-state index >= 15 is 0 Å². The summed E-state index contributed by atoms with van der Waals surface area (Å²) in [7, 11) is 1.50. The van der Waals surface area contributed by atoms with Gasteiger partial charge in [-0.05, 0) is 52.7 Å². The molecule has 0 saturated heterocycles. The number of aryl methyl sites for hydroxylation is 1. The molecule has 1 aromatic heterocycles. The SMILES string of the molecule is CNC(=O)c1ccc(C)c(-n2c(CCO)nc(OCc3ccc(F)cc3F)c(Br)c2=O)c1. The number of aromatic nitrogens is 2. The average molecular weight is 508 g/mol. The van der Waals surface area contributed by atoms with E-state index in [9.17, 15) is 23.5 Å². The highest BCUT2D eigenvalue weighted by atomic mass is 79.9. The number of halogens is 3. The van der Waals surface area contributed by atoms with Crippen LogP contribution < -0.4 is 15.6 Å². The van der Waals surface area contributed by atoms with Crippen LogP contribution in [0.2, 0.25) is 0 Å². The molecule has 3 rings (SSSR count). The van der Waals surface area contributed by atoms with E-state index < -0.39 is 17.2 Å². The molecular weight excluding hydrogens is 488 g/mol. The number of ether oxygens (including phenoxy) is 1. The van der Waals surface area contributed by atoms with Crippen LogP contribution in [0.1, 0.15) is 27.3 Å². The van der Waals surface area contributed by atoms with Gasteiger partial charge in [-0.25, -0.2) is 8.78 Å². The second kappa shape index (κ2) is 10.0. The number of rotatable bonds is 7. The summed E-state index contributed by atoms with van der Waals surface area (Å²) in [5.41, 5.74) is 1.02. The van der Waals surface area contributed by atoms with Gasteiger partial charge in [0.2, 0.25) is 5.88 Å². The van der Waals surface area contributed by atoms with Crippen LogP contribution in [0.3, 0.4) is 0 Å². The van der Waals surface area contributed by atoms with Crippen molar-refractivity contribution in [1.29, 1.82) is 0 Å². The van der Waals surface area contributed by atoms with Crippen molar-refractivity contribution in [2.45, 2.75) is 20.0 Å². The second-order valence-corrected chi connectivity index (χ2v) is 7.66. The fourth-order valence-corrected chi connectivity index (χ4v) is 3.44. The molecule has 0 aliphatic rings. The van der Waals surface area contributed by atoms with Gasteiger partial charge in [-0.3, -0.25) is 14.2 Å². The number of aliphatic hydroxyl groups is 1. The highest BCUT2D eigenvalue weighted by Gasteiger charge is 2.20. The Hall–Kier alpha value is -3.11. The van der Waals surface area contributed by atoms with E-state index in [0.717, 1.165) is 12.1 Å². The first-order chi connectivity index (χ1) is 15.3. The molecule has 3 aromatic rings. The minimum Gasteiger partial charge on any atom is -0.472 e. The van der Waals surface area contributed by atoms with Crippen LogP contribution in [0.15, 0.2) is 45.7 Å². The number of hydrogen-bond donors (Lipinski definition) is 2. The Labute approximate surface area is 190 Å². The highest BCUT2D eigenvalue weighted by Crippen LogP contribution is 2.24. The number of amides is 1. The van der Waals surface area contributed by atoms with Crippen LogP contribution in [0.25, 0.3) is 5.69 Å². The van der Waals surface area contributed by atoms with Crippen molar-refractivity contribution in [3.8, 4) is 11.6 Å². The zero-order valence-corrected chi connectivity index (χ0v) is 18.9. The molecule has 0 spiro atoms. The van der Waals surface area contributed by atoms with Crippen LogP contribution >= 0.6 is 15.9 Å². The van der Waals surface area contributed by atoms with Crippen LogP contribution in [-0.4, -0.2) is 34.2 Å². The van der Waals surface area contributed by atoms with Crippen molar-refractivity contribution in [3.63, 3.8) is 0 Å². The van der Waals surface area contributed by atoms with Crippen molar-refractivity contribution >= 4 is 21.8 Å². The van der Waals surface area contributed by atoms with Gasteiger partial charge in [0.05, 0.1) is 12.3 Å². The van der Waals surface area contributed by atoms with Gasteiger partial charge in [0, 0.05) is 30.7 Å². The molecule has 1 heterocycles. The number of benzene rings is 2. The van der Waals surface area contributed by atoms with Crippen molar-refractivity contribution < 1.29 is 23.4 Å². The summed E-state index contributed by atoms with van der Waals surface area (Å²) in [6, 6.07) is 7.96. The molecule has 0 atom stereocenters. The summed E-state index contributed by atoms with van der Waals surface area (Å²) in [6.45, 7) is 1.19. The van der Waals surface area contributed by atoms with Crippen molar-refractivity contribution in [3.05, 3.63) is 85.4 Å². The minimum atomic E-state index is -0.785. The monoisotopic (exact) mass is 507 g/mol. The van der Waals surface area contributed by atoms with Crippen LogP contribution in [0, 0.1) is 18.6 Å². The first kappa shape index (κ1) is 23.6. The first-order valence-electron chi connectivity index (χ1n) is 9.59.